The lowest BCUT2D eigenvalue weighted by Crippen LogP contribution is -2.40. The standard InChI is InChI=1S/C19H25NO2S/c1-19(2,3)23(21)20-14-13-16-9-11-17(12-10-16)15-22-18-7-5-4-6-8-18/h4-12,20H,13-15H2,1-3H3/t23-/m0/s1. The van der Waals surface area contributed by atoms with Crippen LogP contribution in [0.15, 0.2) is 54.6 Å². The van der Waals surface area contributed by atoms with Gasteiger partial charge in [-0.3, -0.25) is 0 Å². The van der Waals surface area contributed by atoms with Gasteiger partial charge in [-0.25, -0.2) is 0 Å². The third-order valence-corrected chi connectivity index (χ3v) is 4.95. The second-order valence-corrected chi connectivity index (χ2v) is 8.49. The molecule has 0 saturated heterocycles. The van der Waals surface area contributed by atoms with Gasteiger partial charge in [0.25, 0.3) is 0 Å². The molecule has 2 aromatic carbocycles. The average molecular weight is 331 g/mol. The number of benzene rings is 2. The molecule has 2 aromatic rings. The number of hydrogen-bond acceptors (Lipinski definition) is 3. The van der Waals surface area contributed by atoms with Gasteiger partial charge in [0.2, 0.25) is 0 Å². The number of ether oxygens (including phenoxy) is 1. The van der Waals surface area contributed by atoms with E-state index in [0.29, 0.717) is 13.2 Å². The van der Waals surface area contributed by atoms with E-state index in [-0.39, 0.29) is 4.75 Å². The Bertz CT molecular complexity index is 579. The van der Waals surface area contributed by atoms with Gasteiger partial charge in [-0.1, -0.05) is 42.5 Å². The fourth-order valence-corrected chi connectivity index (χ4v) is 2.71. The van der Waals surface area contributed by atoms with E-state index in [1.165, 1.54) is 5.56 Å². The van der Waals surface area contributed by atoms with Crippen LogP contribution in [0, 0.1) is 0 Å². The number of hydrogen-bond donors (Lipinski definition) is 1. The number of nitrogens with one attached hydrogen (secondary N) is 1. The van der Waals surface area contributed by atoms with Crippen LogP contribution in [0.1, 0.15) is 31.9 Å². The van der Waals surface area contributed by atoms with E-state index in [1.807, 2.05) is 51.1 Å². The van der Waals surface area contributed by atoms with Gasteiger partial charge in [0.05, 0.1) is 0 Å². The van der Waals surface area contributed by atoms with Crippen LogP contribution in [0.25, 0.3) is 0 Å². The summed E-state index contributed by atoms with van der Waals surface area (Å²) in [5.74, 6) is 0.880. The first kappa shape index (κ1) is 17.9. The highest BCUT2D eigenvalue weighted by Gasteiger charge is 2.25. The van der Waals surface area contributed by atoms with E-state index in [9.17, 15) is 4.55 Å². The number of para-hydroxylation sites is 1. The zero-order valence-electron chi connectivity index (χ0n) is 14.0. The van der Waals surface area contributed by atoms with E-state index in [2.05, 4.69) is 29.0 Å². The van der Waals surface area contributed by atoms with Crippen molar-refractivity contribution in [3.05, 3.63) is 65.7 Å². The molecule has 0 aromatic heterocycles. The molecular formula is C19H25NO2S. The Labute approximate surface area is 142 Å². The molecule has 0 bridgehead atoms. The van der Waals surface area contributed by atoms with Crippen molar-refractivity contribution in [1.29, 1.82) is 0 Å². The summed E-state index contributed by atoms with van der Waals surface area (Å²) >= 11 is -1.01. The van der Waals surface area contributed by atoms with Crippen molar-refractivity contribution in [1.82, 2.24) is 4.72 Å². The summed E-state index contributed by atoms with van der Waals surface area (Å²) < 4.78 is 20.5. The fourth-order valence-electron chi connectivity index (χ4n) is 1.99. The predicted molar refractivity (Wildman–Crippen MR) is 96.8 cm³/mol. The van der Waals surface area contributed by atoms with Gasteiger partial charge in [0, 0.05) is 17.9 Å². The van der Waals surface area contributed by atoms with Crippen LogP contribution in [0.3, 0.4) is 0 Å². The monoisotopic (exact) mass is 331 g/mol. The Morgan fingerprint density at radius 1 is 0.957 bits per heavy atom. The van der Waals surface area contributed by atoms with E-state index in [0.717, 1.165) is 17.7 Å². The molecule has 3 nitrogen and oxygen atoms in total. The van der Waals surface area contributed by atoms with E-state index < -0.39 is 11.4 Å². The van der Waals surface area contributed by atoms with Crippen molar-refractivity contribution >= 4 is 11.4 Å². The minimum Gasteiger partial charge on any atom is -0.598 e. The molecule has 0 radical (unpaired) electrons. The third kappa shape index (κ3) is 6.26. The summed E-state index contributed by atoms with van der Waals surface area (Å²) in [6.07, 6.45) is 0.863. The Morgan fingerprint density at radius 2 is 1.57 bits per heavy atom. The molecule has 0 aliphatic carbocycles. The Hall–Kier alpha value is -1.49. The van der Waals surface area contributed by atoms with Crippen LogP contribution >= 0.6 is 0 Å². The summed E-state index contributed by atoms with van der Waals surface area (Å²) in [6, 6.07) is 18.2. The van der Waals surface area contributed by atoms with Crippen molar-refractivity contribution in [3.8, 4) is 5.75 Å². The lowest BCUT2D eigenvalue weighted by atomic mass is 10.1. The fraction of sp³-hybridized carbons (Fsp3) is 0.368. The molecular weight excluding hydrogens is 306 g/mol. The summed E-state index contributed by atoms with van der Waals surface area (Å²) in [5, 5.41) is 0. The van der Waals surface area contributed by atoms with Crippen LogP contribution < -0.4 is 9.46 Å². The van der Waals surface area contributed by atoms with Crippen molar-refractivity contribution in [3.63, 3.8) is 0 Å². The SMILES string of the molecule is CC(C)(C)[S@+]([O-])NCCc1ccc(COc2ccccc2)cc1. The molecule has 0 saturated carbocycles. The molecule has 1 atom stereocenters. The highest BCUT2D eigenvalue weighted by atomic mass is 32.2. The van der Waals surface area contributed by atoms with E-state index >= 15 is 0 Å². The Morgan fingerprint density at radius 3 is 2.17 bits per heavy atom. The second-order valence-electron chi connectivity index (χ2n) is 6.44. The van der Waals surface area contributed by atoms with Crippen molar-refractivity contribution in [2.24, 2.45) is 0 Å². The smallest absolute Gasteiger partial charge is 0.136 e. The first-order chi connectivity index (χ1) is 10.9. The molecule has 23 heavy (non-hydrogen) atoms. The van der Waals surface area contributed by atoms with Gasteiger partial charge in [-0.05, 0) is 50.5 Å². The minimum absolute atomic E-state index is 0.224. The van der Waals surface area contributed by atoms with Crippen LogP contribution in [0.5, 0.6) is 5.75 Å². The third-order valence-electron chi connectivity index (χ3n) is 3.37. The lowest BCUT2D eigenvalue weighted by molar-refractivity contribution is 0.306. The first-order valence-corrected chi connectivity index (χ1v) is 9.01. The molecule has 0 spiro atoms. The normalized spacial score (nSPS) is 12.9. The molecule has 0 amide bonds. The van der Waals surface area contributed by atoms with Crippen LogP contribution in [-0.2, 0) is 24.4 Å². The molecule has 0 aliphatic rings. The van der Waals surface area contributed by atoms with Gasteiger partial charge in [0.1, 0.15) is 17.1 Å². The van der Waals surface area contributed by atoms with Crippen molar-refractivity contribution < 1.29 is 9.29 Å². The predicted octanol–water partition coefficient (Wildman–Crippen LogP) is 3.86. The highest BCUT2D eigenvalue weighted by molar-refractivity contribution is 7.90. The molecule has 0 fully saturated rings. The average Bonchev–Trinajstić information content (AvgIpc) is 2.54. The quantitative estimate of drug-likeness (QED) is 0.784. The summed E-state index contributed by atoms with van der Waals surface area (Å²) in [5.41, 5.74) is 2.37. The summed E-state index contributed by atoms with van der Waals surface area (Å²) in [4.78, 5) is 0. The minimum atomic E-state index is -1.01. The summed E-state index contributed by atoms with van der Waals surface area (Å²) in [7, 11) is 0. The van der Waals surface area contributed by atoms with E-state index in [4.69, 9.17) is 4.74 Å². The van der Waals surface area contributed by atoms with E-state index in [1.54, 1.807) is 0 Å². The summed E-state index contributed by atoms with van der Waals surface area (Å²) in [6.45, 7) is 7.19. The molecule has 2 rings (SSSR count). The molecule has 0 aliphatic heterocycles. The molecule has 4 heteroatoms. The van der Waals surface area contributed by atoms with Crippen LogP contribution in [0.4, 0.5) is 0 Å². The maximum Gasteiger partial charge on any atom is 0.136 e. The van der Waals surface area contributed by atoms with Crippen LogP contribution in [0.2, 0.25) is 0 Å². The maximum absolute atomic E-state index is 11.9. The Balaban J connectivity index is 1.76. The van der Waals surface area contributed by atoms with Gasteiger partial charge < -0.3 is 9.29 Å². The first-order valence-electron chi connectivity index (χ1n) is 7.86. The van der Waals surface area contributed by atoms with Gasteiger partial charge in [-0.15, -0.1) is 4.72 Å². The van der Waals surface area contributed by atoms with Gasteiger partial charge in [-0.2, -0.15) is 0 Å². The molecule has 124 valence electrons. The molecule has 1 N–H and O–H groups in total. The van der Waals surface area contributed by atoms with Crippen LogP contribution in [-0.4, -0.2) is 15.8 Å². The topological polar surface area (TPSA) is 44.3 Å². The molecule has 0 heterocycles. The second kappa shape index (κ2) is 8.39. The zero-order valence-corrected chi connectivity index (χ0v) is 14.9. The Kier molecular flexibility index (Phi) is 6.51. The van der Waals surface area contributed by atoms with Gasteiger partial charge in [0.15, 0.2) is 0 Å². The molecule has 0 unspecified atom stereocenters. The number of rotatable bonds is 7. The van der Waals surface area contributed by atoms with Crippen molar-refractivity contribution in [2.75, 3.05) is 6.54 Å². The lowest BCUT2D eigenvalue weighted by Gasteiger charge is -2.23. The zero-order chi connectivity index (χ0) is 16.7. The highest BCUT2D eigenvalue weighted by Crippen LogP contribution is 2.14. The van der Waals surface area contributed by atoms with Gasteiger partial charge >= 0.3 is 0 Å². The largest absolute Gasteiger partial charge is 0.598 e. The maximum atomic E-state index is 11.9. The van der Waals surface area contributed by atoms with Crippen molar-refractivity contribution in [2.45, 2.75) is 38.5 Å².